The highest BCUT2D eigenvalue weighted by Crippen LogP contribution is 2.31. The van der Waals surface area contributed by atoms with E-state index >= 15 is 0 Å². The molecule has 0 fully saturated rings. The third-order valence-electron chi connectivity index (χ3n) is 5.07. The number of nitrogens with zero attached hydrogens (tertiary/aromatic N) is 3. The Balaban J connectivity index is 1.44. The monoisotopic (exact) mass is 441 g/mol. The summed E-state index contributed by atoms with van der Waals surface area (Å²) in [5, 5.41) is 13.8. The van der Waals surface area contributed by atoms with Crippen molar-refractivity contribution in [2.45, 2.75) is 12.1 Å². The number of aryl methyl sites for hydroxylation is 1. The maximum atomic E-state index is 12.9. The quantitative estimate of drug-likeness (QED) is 0.225. The molecule has 152 valence electrons. The molecule has 0 radical (unpaired) electrons. The molecule has 5 rings (SSSR count). The van der Waals surface area contributed by atoms with Crippen LogP contribution in [0.5, 0.6) is 0 Å². The van der Waals surface area contributed by atoms with Crippen molar-refractivity contribution < 1.29 is 4.79 Å². The topological polar surface area (TPSA) is 47.8 Å². The van der Waals surface area contributed by atoms with Crippen molar-refractivity contribution in [3.8, 4) is 16.4 Å². The number of carbonyl (C=O) groups excluding carboxylic acids is 1. The molecule has 4 nitrogen and oxygen atoms in total. The highest BCUT2D eigenvalue weighted by molar-refractivity contribution is 7.99. The van der Waals surface area contributed by atoms with Gasteiger partial charge in [-0.3, -0.25) is 9.36 Å². The summed E-state index contributed by atoms with van der Waals surface area (Å²) < 4.78 is 2.03. The zero-order valence-corrected chi connectivity index (χ0v) is 18.5. The van der Waals surface area contributed by atoms with Gasteiger partial charge in [0.1, 0.15) is 0 Å². The van der Waals surface area contributed by atoms with Gasteiger partial charge in [0.25, 0.3) is 0 Å². The highest BCUT2D eigenvalue weighted by Gasteiger charge is 2.18. The van der Waals surface area contributed by atoms with Gasteiger partial charge in [-0.2, -0.15) is 0 Å². The van der Waals surface area contributed by atoms with Gasteiger partial charge < -0.3 is 0 Å². The van der Waals surface area contributed by atoms with Crippen LogP contribution in [0.4, 0.5) is 0 Å². The number of thioether (sulfide) groups is 1. The first-order valence-electron chi connectivity index (χ1n) is 9.90. The average molecular weight is 442 g/mol. The van der Waals surface area contributed by atoms with Crippen molar-refractivity contribution >= 4 is 39.7 Å². The summed E-state index contributed by atoms with van der Waals surface area (Å²) in [6.07, 6.45) is 0. The molecule has 0 spiro atoms. The first-order chi connectivity index (χ1) is 15.2. The van der Waals surface area contributed by atoms with Gasteiger partial charge in [-0.25, -0.2) is 0 Å². The first-order valence-corrected chi connectivity index (χ1v) is 11.8. The smallest absolute Gasteiger partial charge is 0.196 e. The predicted octanol–water partition coefficient (Wildman–Crippen LogP) is 6.43. The molecule has 0 aliphatic heterocycles. The van der Waals surface area contributed by atoms with Crippen LogP contribution in [-0.4, -0.2) is 26.3 Å². The van der Waals surface area contributed by atoms with Gasteiger partial charge in [-0.05, 0) is 47.3 Å². The van der Waals surface area contributed by atoms with E-state index in [1.807, 2.05) is 58.5 Å². The van der Waals surface area contributed by atoms with Gasteiger partial charge in [-0.1, -0.05) is 71.9 Å². The second kappa shape index (κ2) is 8.49. The van der Waals surface area contributed by atoms with E-state index in [1.54, 1.807) is 11.3 Å². The van der Waals surface area contributed by atoms with Gasteiger partial charge in [0.15, 0.2) is 16.8 Å². The second-order valence-electron chi connectivity index (χ2n) is 7.23. The predicted molar refractivity (Wildman–Crippen MR) is 128 cm³/mol. The summed E-state index contributed by atoms with van der Waals surface area (Å²) in [5.74, 6) is 1.17. The molecule has 0 saturated heterocycles. The van der Waals surface area contributed by atoms with Gasteiger partial charge in [0.2, 0.25) is 0 Å². The zero-order valence-electron chi connectivity index (χ0n) is 16.9. The number of hydrogen-bond acceptors (Lipinski definition) is 5. The SMILES string of the molecule is Cc1ccc(-n2c(SCC(=O)c3ccc4ccccc4c3)nnc2-c2cccs2)cc1. The van der Waals surface area contributed by atoms with Gasteiger partial charge in [-0.15, -0.1) is 21.5 Å². The van der Waals surface area contributed by atoms with Crippen LogP contribution in [0.25, 0.3) is 27.2 Å². The second-order valence-corrected chi connectivity index (χ2v) is 9.12. The molecule has 0 aliphatic rings. The minimum absolute atomic E-state index is 0.0758. The lowest BCUT2D eigenvalue weighted by molar-refractivity contribution is 0.102. The molecule has 0 atom stereocenters. The van der Waals surface area contributed by atoms with E-state index in [4.69, 9.17) is 0 Å². The van der Waals surface area contributed by atoms with Gasteiger partial charge >= 0.3 is 0 Å². The van der Waals surface area contributed by atoms with Crippen LogP contribution in [0.15, 0.2) is 89.4 Å². The number of rotatable bonds is 6. The Hall–Kier alpha value is -3.22. The zero-order chi connectivity index (χ0) is 21.2. The summed E-state index contributed by atoms with van der Waals surface area (Å²) >= 11 is 3.04. The summed E-state index contributed by atoms with van der Waals surface area (Å²) in [4.78, 5) is 14.0. The summed E-state index contributed by atoms with van der Waals surface area (Å²) in [6, 6.07) is 26.2. The maximum Gasteiger partial charge on any atom is 0.196 e. The van der Waals surface area contributed by atoms with Crippen molar-refractivity contribution in [2.75, 3.05) is 5.75 Å². The third-order valence-corrected chi connectivity index (χ3v) is 6.87. The molecule has 2 aromatic heterocycles. The van der Waals surface area contributed by atoms with Crippen LogP contribution in [0, 0.1) is 6.92 Å². The standard InChI is InChI=1S/C25H19N3OS2/c1-17-8-12-21(13-9-17)28-24(23-7-4-14-30-23)26-27-25(28)31-16-22(29)20-11-10-18-5-2-3-6-19(18)15-20/h2-15H,16H2,1H3. The molecule has 31 heavy (non-hydrogen) atoms. The first kappa shape index (κ1) is 19.7. The number of ketones is 1. The molecule has 3 aromatic carbocycles. The van der Waals surface area contributed by atoms with Crippen molar-refractivity contribution in [3.05, 3.63) is 95.4 Å². The van der Waals surface area contributed by atoms with Crippen LogP contribution in [0.3, 0.4) is 0 Å². The third kappa shape index (κ3) is 4.04. The Labute approximate surface area is 188 Å². The van der Waals surface area contributed by atoms with E-state index in [0.29, 0.717) is 16.5 Å². The van der Waals surface area contributed by atoms with Crippen LogP contribution >= 0.6 is 23.1 Å². The number of carbonyl (C=O) groups is 1. The Morgan fingerprint density at radius 1 is 0.935 bits per heavy atom. The average Bonchev–Trinajstić information content (AvgIpc) is 3.47. The Bertz CT molecular complexity index is 1360. The van der Waals surface area contributed by atoms with Crippen LogP contribution in [0.1, 0.15) is 15.9 Å². The van der Waals surface area contributed by atoms with Crippen molar-refractivity contribution in [2.24, 2.45) is 0 Å². The molecule has 2 heterocycles. The summed E-state index contributed by atoms with van der Waals surface area (Å²) in [5.41, 5.74) is 2.89. The molecule has 0 saturated carbocycles. The van der Waals surface area contributed by atoms with Crippen molar-refractivity contribution in [3.63, 3.8) is 0 Å². The number of hydrogen-bond donors (Lipinski definition) is 0. The van der Waals surface area contributed by atoms with Gasteiger partial charge in [0, 0.05) is 11.3 Å². The van der Waals surface area contributed by atoms with E-state index in [0.717, 1.165) is 27.2 Å². The summed E-state index contributed by atoms with van der Waals surface area (Å²) in [7, 11) is 0. The molecule has 0 aliphatic carbocycles. The number of fused-ring (bicyclic) bond motifs is 1. The normalized spacial score (nSPS) is 11.1. The lowest BCUT2D eigenvalue weighted by atomic mass is 10.1. The van der Waals surface area contributed by atoms with Gasteiger partial charge in [0.05, 0.1) is 10.6 Å². The minimum Gasteiger partial charge on any atom is -0.293 e. The molecular weight excluding hydrogens is 422 g/mol. The molecule has 6 heteroatoms. The van der Waals surface area contributed by atoms with E-state index < -0.39 is 0 Å². The lowest BCUT2D eigenvalue weighted by Crippen LogP contribution is -2.05. The Morgan fingerprint density at radius 3 is 2.52 bits per heavy atom. The number of Topliss-reactive ketones (excluding diaryl/α,β-unsaturated/α-hetero) is 1. The number of thiophene rings is 1. The van der Waals surface area contributed by atoms with Crippen LogP contribution in [0.2, 0.25) is 0 Å². The van der Waals surface area contributed by atoms with Crippen LogP contribution < -0.4 is 0 Å². The Kier molecular flexibility index (Phi) is 5.40. The van der Waals surface area contributed by atoms with Crippen molar-refractivity contribution in [1.82, 2.24) is 14.8 Å². The minimum atomic E-state index is 0.0758. The lowest BCUT2D eigenvalue weighted by Gasteiger charge is -2.10. The van der Waals surface area contributed by atoms with E-state index in [-0.39, 0.29) is 5.78 Å². The molecule has 0 N–H and O–H groups in total. The van der Waals surface area contributed by atoms with Crippen molar-refractivity contribution in [1.29, 1.82) is 0 Å². The fourth-order valence-corrected chi connectivity index (χ4v) is 4.98. The van der Waals surface area contributed by atoms with E-state index in [1.165, 1.54) is 17.3 Å². The fraction of sp³-hybridized carbons (Fsp3) is 0.0800. The maximum absolute atomic E-state index is 12.9. The molecule has 0 amide bonds. The number of aromatic nitrogens is 3. The summed E-state index contributed by atoms with van der Waals surface area (Å²) in [6.45, 7) is 2.06. The molecular formula is C25H19N3OS2. The van der Waals surface area contributed by atoms with E-state index in [2.05, 4.69) is 47.5 Å². The largest absolute Gasteiger partial charge is 0.293 e. The highest BCUT2D eigenvalue weighted by atomic mass is 32.2. The Morgan fingerprint density at radius 2 is 1.74 bits per heavy atom. The molecule has 5 aromatic rings. The van der Waals surface area contributed by atoms with E-state index in [9.17, 15) is 4.79 Å². The molecule has 0 bridgehead atoms. The fourth-order valence-electron chi connectivity index (χ4n) is 3.43. The number of benzene rings is 3. The van der Waals surface area contributed by atoms with Crippen LogP contribution in [-0.2, 0) is 0 Å². The molecule has 0 unspecified atom stereocenters.